The number of amides is 1. The van der Waals surface area contributed by atoms with Crippen LogP contribution in [0.3, 0.4) is 0 Å². The molecule has 1 aliphatic rings. The van der Waals surface area contributed by atoms with E-state index in [0.717, 1.165) is 44.6 Å². The molecular weight excluding hydrogens is 216 g/mol. The fourth-order valence-electron chi connectivity index (χ4n) is 2.13. The summed E-state index contributed by atoms with van der Waals surface area (Å²) in [6, 6.07) is -0.0298. The van der Waals surface area contributed by atoms with E-state index in [9.17, 15) is 4.79 Å². The largest absolute Gasteiger partial charge is 0.355 e. The summed E-state index contributed by atoms with van der Waals surface area (Å²) >= 11 is 0. The Labute approximate surface area is 102 Å². The molecule has 1 atom stereocenters. The first-order chi connectivity index (χ1) is 8.27. The second-order valence-electron chi connectivity index (χ2n) is 4.50. The number of imidazole rings is 1. The van der Waals surface area contributed by atoms with Gasteiger partial charge >= 0.3 is 0 Å². The number of aromatic nitrogens is 2. The zero-order valence-electron chi connectivity index (χ0n) is 10.3. The first-order valence-electron chi connectivity index (χ1n) is 6.24. The molecule has 0 saturated carbocycles. The minimum absolute atomic E-state index is 0.0298. The van der Waals surface area contributed by atoms with Crippen LogP contribution in [0.5, 0.6) is 0 Å². The first kappa shape index (κ1) is 12.1. The molecule has 5 nitrogen and oxygen atoms in total. The smallest absolute Gasteiger partial charge is 0.237 e. The van der Waals surface area contributed by atoms with Crippen LogP contribution in [-0.2, 0) is 18.3 Å². The second kappa shape index (κ2) is 5.82. The number of hydrogen-bond donors (Lipinski definition) is 2. The summed E-state index contributed by atoms with van der Waals surface area (Å²) in [5.74, 6) is 1.19. The molecule has 17 heavy (non-hydrogen) atoms. The van der Waals surface area contributed by atoms with Crippen molar-refractivity contribution in [2.45, 2.75) is 31.7 Å². The molecule has 2 heterocycles. The standard InChI is InChI=1S/C12H20N4O/c1-16-9-8-14-11(16)5-7-13-10-4-2-3-6-15-12(10)17/h8-10,13H,2-7H2,1H3,(H,15,17). The average molecular weight is 236 g/mol. The van der Waals surface area contributed by atoms with Gasteiger partial charge < -0.3 is 15.2 Å². The van der Waals surface area contributed by atoms with E-state index in [1.54, 1.807) is 6.20 Å². The maximum absolute atomic E-state index is 11.7. The highest BCUT2D eigenvalue weighted by Gasteiger charge is 2.19. The van der Waals surface area contributed by atoms with Crippen molar-refractivity contribution in [1.29, 1.82) is 0 Å². The molecule has 2 rings (SSSR count). The molecule has 1 fully saturated rings. The number of carbonyl (C=O) groups is 1. The Morgan fingerprint density at radius 3 is 3.24 bits per heavy atom. The van der Waals surface area contributed by atoms with Crippen molar-refractivity contribution in [2.24, 2.45) is 7.05 Å². The van der Waals surface area contributed by atoms with Crippen molar-refractivity contribution >= 4 is 5.91 Å². The fraction of sp³-hybridized carbons (Fsp3) is 0.667. The molecule has 0 aromatic carbocycles. The van der Waals surface area contributed by atoms with Crippen LogP contribution >= 0.6 is 0 Å². The maximum atomic E-state index is 11.7. The molecule has 5 heteroatoms. The molecule has 0 bridgehead atoms. The summed E-state index contributed by atoms with van der Waals surface area (Å²) in [7, 11) is 1.99. The maximum Gasteiger partial charge on any atom is 0.237 e. The van der Waals surface area contributed by atoms with Gasteiger partial charge in [0.15, 0.2) is 0 Å². The van der Waals surface area contributed by atoms with E-state index in [4.69, 9.17) is 0 Å². The van der Waals surface area contributed by atoms with E-state index in [1.165, 1.54) is 0 Å². The quantitative estimate of drug-likeness (QED) is 0.786. The van der Waals surface area contributed by atoms with Crippen LogP contribution in [0.15, 0.2) is 12.4 Å². The van der Waals surface area contributed by atoms with E-state index in [2.05, 4.69) is 15.6 Å². The molecule has 0 spiro atoms. The molecule has 1 unspecified atom stereocenters. The van der Waals surface area contributed by atoms with Crippen LogP contribution in [0.4, 0.5) is 0 Å². The Hall–Kier alpha value is -1.36. The van der Waals surface area contributed by atoms with Crippen LogP contribution in [0.2, 0.25) is 0 Å². The Morgan fingerprint density at radius 1 is 1.59 bits per heavy atom. The number of aryl methyl sites for hydroxylation is 1. The van der Waals surface area contributed by atoms with Gasteiger partial charge in [0.05, 0.1) is 6.04 Å². The minimum Gasteiger partial charge on any atom is -0.355 e. The molecule has 0 radical (unpaired) electrons. The van der Waals surface area contributed by atoms with Crippen molar-refractivity contribution in [1.82, 2.24) is 20.2 Å². The van der Waals surface area contributed by atoms with Crippen molar-refractivity contribution in [2.75, 3.05) is 13.1 Å². The van der Waals surface area contributed by atoms with Gasteiger partial charge in [-0.3, -0.25) is 4.79 Å². The lowest BCUT2D eigenvalue weighted by Gasteiger charge is -2.14. The number of carbonyl (C=O) groups excluding carboxylic acids is 1. The van der Waals surface area contributed by atoms with Gasteiger partial charge in [-0.1, -0.05) is 0 Å². The van der Waals surface area contributed by atoms with Gasteiger partial charge in [0.1, 0.15) is 5.82 Å². The van der Waals surface area contributed by atoms with Gasteiger partial charge in [-0.15, -0.1) is 0 Å². The minimum atomic E-state index is -0.0298. The van der Waals surface area contributed by atoms with Crippen LogP contribution in [0.1, 0.15) is 25.1 Å². The molecule has 94 valence electrons. The van der Waals surface area contributed by atoms with Crippen LogP contribution in [0.25, 0.3) is 0 Å². The van der Waals surface area contributed by atoms with E-state index in [-0.39, 0.29) is 11.9 Å². The normalized spacial score (nSPS) is 21.0. The van der Waals surface area contributed by atoms with Crippen molar-refractivity contribution < 1.29 is 4.79 Å². The van der Waals surface area contributed by atoms with Gasteiger partial charge in [-0.25, -0.2) is 4.98 Å². The van der Waals surface area contributed by atoms with Gasteiger partial charge in [-0.05, 0) is 19.3 Å². The molecule has 1 amide bonds. The monoisotopic (exact) mass is 236 g/mol. The van der Waals surface area contributed by atoms with Crippen LogP contribution in [0, 0.1) is 0 Å². The van der Waals surface area contributed by atoms with E-state index >= 15 is 0 Å². The Morgan fingerprint density at radius 2 is 2.47 bits per heavy atom. The molecular formula is C12H20N4O. The topological polar surface area (TPSA) is 59.0 Å². The predicted molar refractivity (Wildman–Crippen MR) is 65.6 cm³/mol. The molecule has 1 saturated heterocycles. The van der Waals surface area contributed by atoms with Crippen molar-refractivity contribution in [3.05, 3.63) is 18.2 Å². The lowest BCUT2D eigenvalue weighted by atomic mass is 10.1. The summed E-state index contributed by atoms with van der Waals surface area (Å²) in [6.45, 7) is 1.61. The number of hydrogen-bond acceptors (Lipinski definition) is 3. The molecule has 1 aromatic heterocycles. The number of nitrogens with zero attached hydrogens (tertiary/aromatic N) is 2. The zero-order valence-corrected chi connectivity index (χ0v) is 10.3. The summed E-state index contributed by atoms with van der Waals surface area (Å²) in [6.07, 6.45) is 7.73. The highest BCUT2D eigenvalue weighted by Crippen LogP contribution is 2.05. The zero-order chi connectivity index (χ0) is 12.1. The number of nitrogens with one attached hydrogen (secondary N) is 2. The lowest BCUT2D eigenvalue weighted by molar-refractivity contribution is -0.122. The average Bonchev–Trinajstić information content (AvgIpc) is 2.60. The van der Waals surface area contributed by atoms with Gasteiger partial charge in [0, 0.05) is 39.0 Å². The van der Waals surface area contributed by atoms with Gasteiger partial charge in [0.25, 0.3) is 0 Å². The Balaban J connectivity index is 1.77. The SMILES string of the molecule is Cn1ccnc1CCNC1CCCCNC1=O. The Kier molecular flexibility index (Phi) is 4.14. The Bertz CT molecular complexity index is 374. The third-order valence-electron chi connectivity index (χ3n) is 3.20. The van der Waals surface area contributed by atoms with Gasteiger partial charge in [0.2, 0.25) is 5.91 Å². The molecule has 2 N–H and O–H groups in total. The van der Waals surface area contributed by atoms with Crippen LogP contribution < -0.4 is 10.6 Å². The predicted octanol–water partition coefficient (Wildman–Crippen LogP) is 0.221. The second-order valence-corrected chi connectivity index (χ2v) is 4.50. The van der Waals surface area contributed by atoms with Crippen molar-refractivity contribution in [3.8, 4) is 0 Å². The summed E-state index contributed by atoms with van der Waals surface area (Å²) in [5.41, 5.74) is 0. The summed E-state index contributed by atoms with van der Waals surface area (Å²) in [5, 5.41) is 6.24. The van der Waals surface area contributed by atoms with E-state index in [0.29, 0.717) is 0 Å². The van der Waals surface area contributed by atoms with Crippen LogP contribution in [-0.4, -0.2) is 34.6 Å². The fourth-order valence-corrected chi connectivity index (χ4v) is 2.13. The summed E-state index contributed by atoms with van der Waals surface area (Å²) in [4.78, 5) is 15.9. The molecule has 1 aliphatic heterocycles. The third-order valence-corrected chi connectivity index (χ3v) is 3.20. The lowest BCUT2D eigenvalue weighted by Crippen LogP contribution is -2.43. The number of rotatable bonds is 4. The van der Waals surface area contributed by atoms with E-state index < -0.39 is 0 Å². The highest BCUT2D eigenvalue weighted by atomic mass is 16.2. The summed E-state index contributed by atoms with van der Waals surface area (Å²) < 4.78 is 2.01. The highest BCUT2D eigenvalue weighted by molar-refractivity contribution is 5.81. The molecule has 0 aliphatic carbocycles. The first-order valence-corrected chi connectivity index (χ1v) is 6.24. The van der Waals surface area contributed by atoms with Gasteiger partial charge in [-0.2, -0.15) is 0 Å². The van der Waals surface area contributed by atoms with E-state index in [1.807, 2.05) is 17.8 Å². The third kappa shape index (κ3) is 3.30. The van der Waals surface area contributed by atoms with Crippen molar-refractivity contribution in [3.63, 3.8) is 0 Å². The molecule has 1 aromatic rings.